The van der Waals surface area contributed by atoms with Gasteiger partial charge in [-0.15, -0.1) is 0 Å². The van der Waals surface area contributed by atoms with Crippen LogP contribution in [0.3, 0.4) is 0 Å². The van der Waals surface area contributed by atoms with E-state index in [0.29, 0.717) is 29.4 Å². The van der Waals surface area contributed by atoms with Crippen molar-refractivity contribution in [3.63, 3.8) is 0 Å². The first-order valence-electron chi connectivity index (χ1n) is 7.44. The lowest BCUT2D eigenvalue weighted by Crippen LogP contribution is -2.31. The summed E-state index contributed by atoms with van der Waals surface area (Å²) in [5, 5.41) is 20.7. The van der Waals surface area contributed by atoms with Crippen molar-refractivity contribution in [3.05, 3.63) is 28.3 Å². The Morgan fingerprint density at radius 3 is 2.86 bits per heavy atom. The van der Waals surface area contributed by atoms with Gasteiger partial charge in [0.25, 0.3) is 0 Å². The Morgan fingerprint density at radius 1 is 1.33 bits per heavy atom. The number of ether oxygens (including phenoxy) is 1. The van der Waals surface area contributed by atoms with Gasteiger partial charge < -0.3 is 14.9 Å². The number of aliphatic hydroxyl groups is 1. The van der Waals surface area contributed by atoms with Crippen LogP contribution in [0, 0.1) is 11.8 Å². The largest absolute Gasteiger partial charge is 0.493 e. The number of hydrogen-bond acceptors (Lipinski definition) is 3. The Labute approximate surface area is 128 Å². The molecule has 1 heterocycles. The molecule has 21 heavy (non-hydrogen) atoms. The highest BCUT2D eigenvalue weighted by Crippen LogP contribution is 2.44. The molecule has 1 aliphatic carbocycles. The molecule has 3 unspecified atom stereocenters. The van der Waals surface area contributed by atoms with E-state index >= 15 is 0 Å². The molecule has 1 saturated carbocycles. The highest BCUT2D eigenvalue weighted by atomic mass is 35.5. The summed E-state index contributed by atoms with van der Waals surface area (Å²) >= 11 is 6.13. The number of carboxylic acids is 1. The number of rotatable bonds is 3. The zero-order valence-corrected chi connectivity index (χ0v) is 12.5. The van der Waals surface area contributed by atoms with Gasteiger partial charge >= 0.3 is 5.97 Å². The number of fused-ring (bicyclic) bond motifs is 1. The maximum Gasteiger partial charge on any atom is 0.306 e. The number of aliphatic hydroxyl groups excluding tert-OH is 1. The van der Waals surface area contributed by atoms with E-state index in [1.807, 2.05) is 6.07 Å². The Hall–Kier alpha value is -1.26. The van der Waals surface area contributed by atoms with Crippen LogP contribution in [0.4, 0.5) is 0 Å². The summed E-state index contributed by atoms with van der Waals surface area (Å²) in [6, 6.07) is 3.57. The monoisotopic (exact) mass is 310 g/mol. The van der Waals surface area contributed by atoms with Crippen LogP contribution in [0.15, 0.2) is 12.1 Å². The lowest BCUT2D eigenvalue weighted by molar-refractivity contribution is -0.147. The molecule has 2 N–H and O–H groups in total. The molecule has 0 saturated heterocycles. The second-order valence-electron chi connectivity index (χ2n) is 5.92. The number of carboxylic acid groups (broad SMARTS) is 1. The van der Waals surface area contributed by atoms with E-state index in [9.17, 15) is 15.0 Å². The molecule has 1 fully saturated rings. The van der Waals surface area contributed by atoms with E-state index in [0.717, 1.165) is 31.2 Å². The van der Waals surface area contributed by atoms with Crippen molar-refractivity contribution in [2.75, 3.05) is 6.61 Å². The molecule has 114 valence electrons. The second kappa shape index (κ2) is 5.85. The molecule has 1 aliphatic heterocycles. The molecule has 2 aliphatic rings. The van der Waals surface area contributed by atoms with E-state index < -0.39 is 18.0 Å². The number of hydrogen-bond donors (Lipinski definition) is 2. The van der Waals surface area contributed by atoms with Crippen molar-refractivity contribution in [1.82, 2.24) is 0 Å². The van der Waals surface area contributed by atoms with Gasteiger partial charge in [0.15, 0.2) is 0 Å². The second-order valence-corrected chi connectivity index (χ2v) is 6.36. The predicted octanol–water partition coefficient (Wildman–Crippen LogP) is 3.20. The standard InChI is InChI=1S/C16H19ClO4/c17-10-7-9-5-6-21-15(9)13(8-10)14(18)11-3-1-2-4-12(11)16(19)20/h7-8,11-12,14,18H,1-6H2,(H,19,20). The smallest absolute Gasteiger partial charge is 0.306 e. The SMILES string of the molecule is O=C(O)C1CCCCC1C(O)c1cc(Cl)cc2c1OCC2. The highest BCUT2D eigenvalue weighted by Gasteiger charge is 2.38. The summed E-state index contributed by atoms with van der Waals surface area (Å²) in [7, 11) is 0. The van der Waals surface area contributed by atoms with Gasteiger partial charge in [-0.25, -0.2) is 0 Å². The first kappa shape index (κ1) is 14.7. The Balaban J connectivity index is 1.94. The number of benzene rings is 1. The van der Waals surface area contributed by atoms with E-state index in [-0.39, 0.29) is 5.92 Å². The predicted molar refractivity (Wildman–Crippen MR) is 78.7 cm³/mol. The van der Waals surface area contributed by atoms with E-state index in [1.54, 1.807) is 6.07 Å². The average molecular weight is 311 g/mol. The lowest BCUT2D eigenvalue weighted by atomic mass is 9.74. The van der Waals surface area contributed by atoms with Gasteiger partial charge in [-0.3, -0.25) is 4.79 Å². The van der Waals surface area contributed by atoms with Crippen LogP contribution in [0.1, 0.15) is 42.9 Å². The molecule has 5 heteroatoms. The van der Waals surface area contributed by atoms with Crippen molar-refractivity contribution in [2.45, 2.75) is 38.2 Å². The first-order valence-corrected chi connectivity index (χ1v) is 7.81. The molecule has 4 nitrogen and oxygen atoms in total. The third-order valence-electron chi connectivity index (χ3n) is 4.64. The van der Waals surface area contributed by atoms with Gasteiger partial charge in [0.2, 0.25) is 0 Å². The summed E-state index contributed by atoms with van der Waals surface area (Å²) in [5.74, 6) is -0.896. The number of aliphatic carboxylic acids is 1. The molecule has 0 bridgehead atoms. The van der Waals surface area contributed by atoms with Crippen molar-refractivity contribution >= 4 is 17.6 Å². The van der Waals surface area contributed by atoms with Crippen molar-refractivity contribution in [3.8, 4) is 5.75 Å². The lowest BCUT2D eigenvalue weighted by Gasteiger charge is -2.33. The van der Waals surface area contributed by atoms with E-state index in [4.69, 9.17) is 16.3 Å². The van der Waals surface area contributed by atoms with Crippen LogP contribution >= 0.6 is 11.6 Å². The Bertz CT molecular complexity index is 557. The van der Waals surface area contributed by atoms with Gasteiger partial charge in [0, 0.05) is 22.9 Å². The molecule has 3 rings (SSSR count). The third kappa shape index (κ3) is 2.74. The number of halogens is 1. The van der Waals surface area contributed by atoms with Gasteiger partial charge in [-0.1, -0.05) is 24.4 Å². The number of carbonyl (C=O) groups is 1. The molecular formula is C16H19ClO4. The average Bonchev–Trinajstić information content (AvgIpc) is 2.93. The quantitative estimate of drug-likeness (QED) is 0.899. The summed E-state index contributed by atoms with van der Waals surface area (Å²) in [5.41, 5.74) is 1.65. The van der Waals surface area contributed by atoms with E-state index in [2.05, 4.69) is 0 Å². The van der Waals surface area contributed by atoms with Crippen LogP contribution in [-0.2, 0) is 11.2 Å². The molecule has 0 amide bonds. The van der Waals surface area contributed by atoms with E-state index in [1.165, 1.54) is 0 Å². The Kier molecular flexibility index (Phi) is 4.09. The molecule has 0 radical (unpaired) electrons. The molecule has 0 spiro atoms. The topological polar surface area (TPSA) is 66.8 Å². The molecule has 1 aromatic rings. The first-order chi connectivity index (χ1) is 10.1. The van der Waals surface area contributed by atoms with Crippen LogP contribution in [0.2, 0.25) is 5.02 Å². The van der Waals surface area contributed by atoms with Gasteiger partial charge in [0.1, 0.15) is 5.75 Å². The van der Waals surface area contributed by atoms with Crippen LogP contribution < -0.4 is 4.74 Å². The third-order valence-corrected chi connectivity index (χ3v) is 4.86. The van der Waals surface area contributed by atoms with Crippen molar-refractivity contribution < 1.29 is 19.7 Å². The van der Waals surface area contributed by atoms with Crippen LogP contribution in [0.25, 0.3) is 0 Å². The summed E-state index contributed by atoms with van der Waals surface area (Å²) in [6.07, 6.45) is 3.15. The maximum atomic E-state index is 11.4. The van der Waals surface area contributed by atoms with Crippen molar-refractivity contribution in [2.24, 2.45) is 11.8 Å². The zero-order valence-electron chi connectivity index (χ0n) is 11.7. The fourth-order valence-corrected chi connectivity index (χ4v) is 3.84. The minimum absolute atomic E-state index is 0.275. The Morgan fingerprint density at radius 2 is 2.10 bits per heavy atom. The molecule has 0 aromatic heterocycles. The van der Waals surface area contributed by atoms with Gasteiger partial charge in [0.05, 0.1) is 18.6 Å². The summed E-state index contributed by atoms with van der Waals surface area (Å²) in [6.45, 7) is 0.586. The minimum Gasteiger partial charge on any atom is -0.493 e. The fourth-order valence-electron chi connectivity index (χ4n) is 3.59. The normalized spacial score (nSPS) is 26.0. The fraction of sp³-hybridized carbons (Fsp3) is 0.562. The van der Waals surface area contributed by atoms with Gasteiger partial charge in [-0.05, 0) is 30.5 Å². The highest BCUT2D eigenvalue weighted by molar-refractivity contribution is 6.30. The molecule has 1 aromatic carbocycles. The van der Waals surface area contributed by atoms with Crippen molar-refractivity contribution in [1.29, 1.82) is 0 Å². The zero-order chi connectivity index (χ0) is 15.0. The van der Waals surface area contributed by atoms with Gasteiger partial charge in [-0.2, -0.15) is 0 Å². The van der Waals surface area contributed by atoms with Crippen LogP contribution in [0.5, 0.6) is 5.75 Å². The maximum absolute atomic E-state index is 11.4. The van der Waals surface area contributed by atoms with Crippen LogP contribution in [-0.4, -0.2) is 22.8 Å². The summed E-state index contributed by atoms with van der Waals surface area (Å²) < 4.78 is 5.63. The summed E-state index contributed by atoms with van der Waals surface area (Å²) in [4.78, 5) is 11.4. The molecule has 3 atom stereocenters. The molecular weight excluding hydrogens is 292 g/mol. The minimum atomic E-state index is -0.836.